The number of hydrogen-bond donors (Lipinski definition) is 4. The predicted octanol–water partition coefficient (Wildman–Crippen LogP) is -1.10. The fraction of sp³-hybridized carbons (Fsp3) is 0.312. The van der Waals surface area contributed by atoms with E-state index >= 15 is 0 Å². The van der Waals surface area contributed by atoms with E-state index in [0.717, 1.165) is 4.68 Å². The SMILES string of the molecule is O=c1c2c(cnn1-c1ccc(O)cc1)cnn2[C@@H]1O[C@H](CO)[C@@H](O)[C@H]1O. The minimum atomic E-state index is -1.36. The Kier molecular flexibility index (Phi) is 3.96. The number of benzene rings is 1. The summed E-state index contributed by atoms with van der Waals surface area (Å²) in [6, 6.07) is 5.92. The molecule has 136 valence electrons. The molecule has 1 aliphatic rings. The van der Waals surface area contributed by atoms with Crippen molar-refractivity contribution in [3.8, 4) is 11.4 Å². The molecule has 10 heteroatoms. The van der Waals surface area contributed by atoms with E-state index < -0.39 is 36.7 Å². The quantitative estimate of drug-likeness (QED) is 0.461. The third-order valence-corrected chi connectivity index (χ3v) is 4.38. The normalized spacial score (nSPS) is 25.8. The molecule has 0 radical (unpaired) electrons. The van der Waals surface area contributed by atoms with E-state index in [2.05, 4.69) is 10.2 Å². The van der Waals surface area contributed by atoms with Crippen molar-refractivity contribution in [2.75, 3.05) is 6.61 Å². The second-order valence-electron chi connectivity index (χ2n) is 6.00. The number of aromatic nitrogens is 4. The van der Waals surface area contributed by atoms with Crippen LogP contribution < -0.4 is 5.56 Å². The van der Waals surface area contributed by atoms with Gasteiger partial charge in [0.2, 0.25) is 0 Å². The molecule has 3 heterocycles. The number of nitrogens with zero attached hydrogens (tertiary/aromatic N) is 4. The summed E-state index contributed by atoms with van der Waals surface area (Å²) in [7, 11) is 0. The number of ether oxygens (including phenoxy) is 1. The van der Waals surface area contributed by atoms with Gasteiger partial charge in [-0.15, -0.1) is 0 Å². The van der Waals surface area contributed by atoms with Crippen molar-refractivity contribution in [3.63, 3.8) is 0 Å². The maximum absolute atomic E-state index is 12.9. The van der Waals surface area contributed by atoms with Crippen LogP contribution in [0.4, 0.5) is 0 Å². The van der Waals surface area contributed by atoms with Crippen LogP contribution in [0.3, 0.4) is 0 Å². The first kappa shape index (κ1) is 16.7. The molecular formula is C16H16N4O6. The molecule has 4 rings (SSSR count). The Bertz CT molecular complexity index is 998. The molecule has 4 N–H and O–H groups in total. The van der Waals surface area contributed by atoms with Gasteiger partial charge in [0.15, 0.2) is 6.23 Å². The summed E-state index contributed by atoms with van der Waals surface area (Å²) in [4.78, 5) is 12.9. The number of rotatable bonds is 3. The average molecular weight is 360 g/mol. The van der Waals surface area contributed by atoms with Crippen LogP contribution in [0.15, 0.2) is 41.5 Å². The number of aliphatic hydroxyl groups excluding tert-OH is 3. The van der Waals surface area contributed by atoms with Gasteiger partial charge in [-0.3, -0.25) is 4.79 Å². The maximum Gasteiger partial charge on any atom is 0.297 e. The lowest BCUT2D eigenvalue weighted by Gasteiger charge is -2.16. The number of hydrogen-bond acceptors (Lipinski definition) is 8. The minimum Gasteiger partial charge on any atom is -0.508 e. The summed E-state index contributed by atoms with van der Waals surface area (Å²) < 4.78 is 7.76. The molecule has 3 aromatic rings. The van der Waals surface area contributed by atoms with Gasteiger partial charge in [-0.25, -0.2) is 4.68 Å². The maximum atomic E-state index is 12.9. The molecule has 4 atom stereocenters. The summed E-state index contributed by atoms with van der Waals surface area (Å²) in [6.07, 6.45) is -1.91. The van der Waals surface area contributed by atoms with Gasteiger partial charge in [0.05, 0.1) is 24.7 Å². The van der Waals surface area contributed by atoms with Crippen molar-refractivity contribution in [3.05, 3.63) is 47.0 Å². The molecule has 0 unspecified atom stereocenters. The highest BCUT2D eigenvalue weighted by molar-refractivity contribution is 5.76. The van der Waals surface area contributed by atoms with E-state index in [0.29, 0.717) is 11.1 Å². The highest BCUT2D eigenvalue weighted by Crippen LogP contribution is 2.30. The smallest absolute Gasteiger partial charge is 0.297 e. The van der Waals surface area contributed by atoms with Crippen molar-refractivity contribution in [1.29, 1.82) is 0 Å². The van der Waals surface area contributed by atoms with E-state index in [1.54, 1.807) is 0 Å². The van der Waals surface area contributed by atoms with Crippen molar-refractivity contribution in [2.24, 2.45) is 0 Å². The number of aromatic hydroxyl groups is 1. The van der Waals surface area contributed by atoms with Gasteiger partial charge < -0.3 is 25.2 Å². The fourth-order valence-corrected chi connectivity index (χ4v) is 3.02. The first-order chi connectivity index (χ1) is 12.5. The van der Waals surface area contributed by atoms with E-state index in [4.69, 9.17) is 4.74 Å². The Morgan fingerprint density at radius 3 is 2.42 bits per heavy atom. The number of aliphatic hydroxyl groups is 3. The van der Waals surface area contributed by atoms with E-state index in [1.165, 1.54) is 41.3 Å². The molecule has 0 saturated carbocycles. The Labute approximate surface area is 146 Å². The van der Waals surface area contributed by atoms with Gasteiger partial charge >= 0.3 is 0 Å². The number of phenolic OH excluding ortho intramolecular Hbond substituents is 1. The molecule has 0 bridgehead atoms. The van der Waals surface area contributed by atoms with Crippen LogP contribution in [0.2, 0.25) is 0 Å². The zero-order valence-corrected chi connectivity index (χ0v) is 13.4. The Morgan fingerprint density at radius 2 is 1.77 bits per heavy atom. The minimum absolute atomic E-state index is 0.0550. The summed E-state index contributed by atoms with van der Waals surface area (Å²) >= 11 is 0. The fourth-order valence-electron chi connectivity index (χ4n) is 3.02. The second-order valence-corrected chi connectivity index (χ2v) is 6.00. The molecule has 1 saturated heterocycles. The van der Waals surface area contributed by atoms with Gasteiger partial charge in [-0.2, -0.15) is 14.9 Å². The van der Waals surface area contributed by atoms with Crippen LogP contribution in [0, 0.1) is 0 Å². The van der Waals surface area contributed by atoms with Crippen molar-refractivity contribution in [1.82, 2.24) is 19.6 Å². The van der Waals surface area contributed by atoms with Crippen LogP contribution in [-0.4, -0.2) is 64.9 Å². The summed E-state index contributed by atoms with van der Waals surface area (Å²) in [5.74, 6) is 0.0550. The van der Waals surface area contributed by atoms with Gasteiger partial charge in [-0.05, 0) is 24.3 Å². The summed E-state index contributed by atoms with van der Waals surface area (Å²) in [5.41, 5.74) is 0.0509. The zero-order valence-electron chi connectivity index (χ0n) is 13.4. The molecule has 0 amide bonds. The standard InChI is InChI=1S/C16H16N4O6/c21-7-11-13(23)14(24)16(26-11)20-12-8(6-18-20)5-17-19(15(12)25)9-1-3-10(22)4-2-9/h1-6,11,13-14,16,21-24H,7H2/t11-,13-,14-,16-/m1/s1. The monoisotopic (exact) mass is 360 g/mol. The van der Waals surface area contributed by atoms with Gasteiger partial charge in [0.1, 0.15) is 29.6 Å². The molecule has 0 aliphatic carbocycles. The lowest BCUT2D eigenvalue weighted by molar-refractivity contribution is -0.0565. The Hall–Kier alpha value is -2.79. The Balaban J connectivity index is 1.84. The second kappa shape index (κ2) is 6.18. The third-order valence-electron chi connectivity index (χ3n) is 4.38. The molecule has 26 heavy (non-hydrogen) atoms. The highest BCUT2D eigenvalue weighted by atomic mass is 16.6. The highest BCUT2D eigenvalue weighted by Gasteiger charge is 2.44. The van der Waals surface area contributed by atoms with Gasteiger partial charge in [0, 0.05) is 5.39 Å². The van der Waals surface area contributed by atoms with Crippen LogP contribution in [-0.2, 0) is 4.74 Å². The average Bonchev–Trinajstić information content (AvgIpc) is 3.19. The zero-order chi connectivity index (χ0) is 18.4. The van der Waals surface area contributed by atoms with Crippen LogP contribution in [0.25, 0.3) is 16.6 Å². The number of phenols is 1. The predicted molar refractivity (Wildman–Crippen MR) is 87.8 cm³/mol. The molecule has 10 nitrogen and oxygen atoms in total. The first-order valence-electron chi connectivity index (χ1n) is 7.88. The number of fused-ring (bicyclic) bond motifs is 1. The third kappa shape index (κ3) is 2.47. The molecule has 1 aromatic carbocycles. The first-order valence-corrected chi connectivity index (χ1v) is 7.88. The van der Waals surface area contributed by atoms with Crippen LogP contribution >= 0.6 is 0 Å². The largest absolute Gasteiger partial charge is 0.508 e. The Morgan fingerprint density at radius 1 is 1.08 bits per heavy atom. The summed E-state index contributed by atoms with van der Waals surface area (Å²) in [6.45, 7) is -0.479. The molecule has 0 spiro atoms. The molecular weight excluding hydrogens is 344 g/mol. The lowest BCUT2D eigenvalue weighted by atomic mass is 10.1. The van der Waals surface area contributed by atoms with Crippen LogP contribution in [0.1, 0.15) is 6.23 Å². The lowest BCUT2D eigenvalue weighted by Crippen LogP contribution is -2.33. The molecule has 2 aromatic heterocycles. The topological polar surface area (TPSA) is 143 Å². The van der Waals surface area contributed by atoms with Crippen molar-refractivity contribution >= 4 is 10.9 Å². The van der Waals surface area contributed by atoms with E-state index in [1.807, 2.05) is 0 Å². The van der Waals surface area contributed by atoms with E-state index in [-0.39, 0.29) is 11.3 Å². The van der Waals surface area contributed by atoms with Crippen LogP contribution in [0.5, 0.6) is 5.75 Å². The van der Waals surface area contributed by atoms with Crippen molar-refractivity contribution < 1.29 is 25.2 Å². The molecule has 1 aliphatic heterocycles. The van der Waals surface area contributed by atoms with Gasteiger partial charge in [0.25, 0.3) is 5.56 Å². The van der Waals surface area contributed by atoms with Gasteiger partial charge in [-0.1, -0.05) is 0 Å². The van der Waals surface area contributed by atoms with Crippen molar-refractivity contribution in [2.45, 2.75) is 24.5 Å². The molecule has 1 fully saturated rings. The summed E-state index contributed by atoms with van der Waals surface area (Å²) in [5, 5.41) is 47.4. The van der Waals surface area contributed by atoms with E-state index in [9.17, 15) is 25.2 Å².